The van der Waals surface area contributed by atoms with E-state index in [0.29, 0.717) is 29.9 Å². The molecule has 1 saturated heterocycles. The van der Waals surface area contributed by atoms with Crippen LogP contribution in [0.15, 0.2) is 78.4 Å². The minimum absolute atomic E-state index is 0.0139. The van der Waals surface area contributed by atoms with E-state index in [1.165, 1.54) is 18.1 Å². The first-order valence-electron chi connectivity index (χ1n) is 11.4. The molecule has 1 aliphatic heterocycles. The number of Topliss-reactive ketones (excluding diaryl/α,β-unsaturated/α-hetero) is 1. The van der Waals surface area contributed by atoms with Crippen LogP contribution in [0.1, 0.15) is 29.7 Å². The summed E-state index contributed by atoms with van der Waals surface area (Å²) in [5.74, 6) is -0.953. The van der Waals surface area contributed by atoms with Gasteiger partial charge in [0.25, 0.3) is 11.7 Å². The predicted octanol–water partition coefficient (Wildman–Crippen LogP) is 4.46. The number of phenols is 1. The van der Waals surface area contributed by atoms with Crippen molar-refractivity contribution in [1.29, 1.82) is 0 Å². The maximum Gasteiger partial charge on any atom is 0.295 e. The van der Waals surface area contributed by atoms with Gasteiger partial charge in [-0.15, -0.1) is 0 Å². The molecule has 0 spiro atoms. The van der Waals surface area contributed by atoms with Gasteiger partial charge in [0.2, 0.25) is 0 Å². The Kier molecular flexibility index (Phi) is 7.06. The van der Waals surface area contributed by atoms with Crippen LogP contribution in [0.25, 0.3) is 5.76 Å². The smallest absolute Gasteiger partial charge is 0.295 e. The molecule has 180 valence electrons. The first-order chi connectivity index (χ1) is 16.9. The third-order valence-electron chi connectivity index (χ3n) is 5.98. The Morgan fingerprint density at radius 1 is 1.00 bits per heavy atom. The van der Waals surface area contributed by atoms with Gasteiger partial charge in [-0.2, -0.15) is 0 Å². The topological polar surface area (TPSA) is 96.3 Å². The van der Waals surface area contributed by atoms with E-state index >= 15 is 0 Å². The Morgan fingerprint density at radius 3 is 2.37 bits per heavy atom. The summed E-state index contributed by atoms with van der Waals surface area (Å²) in [7, 11) is 1.42. The van der Waals surface area contributed by atoms with Crippen LogP contribution in [-0.2, 0) is 16.0 Å². The maximum absolute atomic E-state index is 13.2. The molecule has 0 bridgehead atoms. The lowest BCUT2D eigenvalue weighted by atomic mass is 9.94. The molecule has 0 aromatic heterocycles. The molecule has 2 N–H and O–H groups in total. The van der Waals surface area contributed by atoms with Gasteiger partial charge in [-0.05, 0) is 60.9 Å². The number of aliphatic hydroxyl groups is 1. The van der Waals surface area contributed by atoms with E-state index in [1.54, 1.807) is 36.4 Å². The number of methoxy groups -OCH3 is 1. The van der Waals surface area contributed by atoms with Gasteiger partial charge in [-0.3, -0.25) is 9.59 Å². The van der Waals surface area contributed by atoms with E-state index in [4.69, 9.17) is 9.47 Å². The molecule has 0 unspecified atom stereocenters. The molecule has 1 aliphatic rings. The number of benzene rings is 3. The molecule has 3 aromatic rings. The lowest BCUT2D eigenvalue weighted by molar-refractivity contribution is -0.139. The fourth-order valence-corrected chi connectivity index (χ4v) is 4.25. The van der Waals surface area contributed by atoms with Crippen LogP contribution in [0.2, 0.25) is 0 Å². The normalized spacial score (nSPS) is 17.0. The predicted molar refractivity (Wildman–Crippen MR) is 131 cm³/mol. The van der Waals surface area contributed by atoms with Crippen LogP contribution < -0.4 is 9.47 Å². The average molecular weight is 474 g/mol. The highest BCUT2D eigenvalue weighted by Crippen LogP contribution is 2.42. The number of phenolic OH excluding ortho intramolecular Hbond substituents is 1. The van der Waals surface area contributed by atoms with E-state index in [1.807, 2.05) is 37.3 Å². The summed E-state index contributed by atoms with van der Waals surface area (Å²) in [5, 5.41) is 21.3. The van der Waals surface area contributed by atoms with Crippen LogP contribution in [-0.4, -0.2) is 47.1 Å². The molecule has 7 nitrogen and oxygen atoms in total. The van der Waals surface area contributed by atoms with Crippen molar-refractivity contribution in [3.05, 3.63) is 95.1 Å². The Morgan fingerprint density at radius 2 is 1.71 bits per heavy atom. The SMILES string of the molecule is CCOc1ccc(C(O)=C2C(=O)C(=O)N(CCc3ccccc3)[C@@H]2c2ccc(O)c(OC)c2)cc1. The van der Waals surface area contributed by atoms with Crippen molar-refractivity contribution in [2.75, 3.05) is 20.3 Å². The number of aromatic hydroxyl groups is 1. The molecule has 1 heterocycles. The van der Waals surface area contributed by atoms with Crippen LogP contribution in [0.4, 0.5) is 0 Å². The minimum atomic E-state index is -0.847. The van der Waals surface area contributed by atoms with Crippen molar-refractivity contribution in [1.82, 2.24) is 4.90 Å². The van der Waals surface area contributed by atoms with Gasteiger partial charge in [-0.1, -0.05) is 36.4 Å². The van der Waals surface area contributed by atoms with Crippen molar-refractivity contribution in [2.45, 2.75) is 19.4 Å². The quantitative estimate of drug-likeness (QED) is 0.285. The monoisotopic (exact) mass is 473 g/mol. The first kappa shape index (κ1) is 23.9. The third-order valence-corrected chi connectivity index (χ3v) is 5.98. The number of likely N-dealkylation sites (tertiary alicyclic amines) is 1. The van der Waals surface area contributed by atoms with Crippen LogP contribution in [0.5, 0.6) is 17.2 Å². The number of ketones is 1. The van der Waals surface area contributed by atoms with E-state index in [2.05, 4.69) is 0 Å². The van der Waals surface area contributed by atoms with Gasteiger partial charge < -0.3 is 24.6 Å². The standard InChI is InChI=1S/C28H27NO6/c1-3-35-21-12-9-19(10-13-21)26(31)24-25(20-11-14-22(30)23(17-20)34-2)29(28(33)27(24)32)16-15-18-7-5-4-6-8-18/h4-14,17,25,30-31H,3,15-16H2,1-2H3/t25-/m1/s1. The number of carbonyl (C=O) groups is 2. The molecule has 7 heteroatoms. The van der Waals surface area contributed by atoms with Gasteiger partial charge in [0.15, 0.2) is 11.5 Å². The second-order valence-corrected chi connectivity index (χ2v) is 8.12. The number of amides is 1. The minimum Gasteiger partial charge on any atom is -0.507 e. The molecule has 0 saturated carbocycles. The maximum atomic E-state index is 13.2. The van der Waals surface area contributed by atoms with Crippen molar-refractivity contribution in [3.63, 3.8) is 0 Å². The molecule has 1 fully saturated rings. The van der Waals surface area contributed by atoms with Crippen molar-refractivity contribution in [2.24, 2.45) is 0 Å². The van der Waals surface area contributed by atoms with Crippen molar-refractivity contribution < 1.29 is 29.3 Å². The summed E-state index contributed by atoms with van der Waals surface area (Å²) in [6.07, 6.45) is 0.530. The van der Waals surface area contributed by atoms with Crippen molar-refractivity contribution >= 4 is 17.4 Å². The molecular weight excluding hydrogens is 446 g/mol. The van der Waals surface area contributed by atoms with E-state index in [9.17, 15) is 19.8 Å². The summed E-state index contributed by atoms with van der Waals surface area (Å²) in [5.41, 5.74) is 1.94. The fraction of sp³-hybridized carbons (Fsp3) is 0.214. The Bertz CT molecular complexity index is 1250. The molecule has 1 amide bonds. The summed E-state index contributed by atoms with van der Waals surface area (Å²) in [6.45, 7) is 2.64. The zero-order valence-corrected chi connectivity index (χ0v) is 19.6. The van der Waals surface area contributed by atoms with Crippen LogP contribution in [0, 0.1) is 0 Å². The molecule has 1 atom stereocenters. The highest BCUT2D eigenvalue weighted by Gasteiger charge is 2.46. The van der Waals surface area contributed by atoms with Crippen LogP contribution >= 0.6 is 0 Å². The molecule has 0 radical (unpaired) electrons. The summed E-state index contributed by atoms with van der Waals surface area (Å²) < 4.78 is 10.7. The summed E-state index contributed by atoms with van der Waals surface area (Å²) in [6, 6.07) is 20.1. The molecule has 35 heavy (non-hydrogen) atoms. The van der Waals surface area contributed by atoms with Crippen LogP contribution in [0.3, 0.4) is 0 Å². The largest absolute Gasteiger partial charge is 0.507 e. The van der Waals surface area contributed by atoms with E-state index in [0.717, 1.165) is 5.56 Å². The molecule has 4 rings (SSSR count). The average Bonchev–Trinajstić information content (AvgIpc) is 3.13. The fourth-order valence-electron chi connectivity index (χ4n) is 4.25. The lowest BCUT2D eigenvalue weighted by Crippen LogP contribution is -2.31. The second kappa shape index (κ2) is 10.3. The zero-order valence-electron chi connectivity index (χ0n) is 19.6. The van der Waals surface area contributed by atoms with E-state index in [-0.39, 0.29) is 29.4 Å². The molecule has 3 aromatic carbocycles. The van der Waals surface area contributed by atoms with Gasteiger partial charge in [0, 0.05) is 12.1 Å². The Labute approximate surface area is 203 Å². The molecule has 0 aliphatic carbocycles. The number of aliphatic hydroxyl groups excluding tert-OH is 1. The van der Waals surface area contributed by atoms with E-state index < -0.39 is 17.7 Å². The first-order valence-corrected chi connectivity index (χ1v) is 11.4. The summed E-state index contributed by atoms with van der Waals surface area (Å²) >= 11 is 0. The van der Waals surface area contributed by atoms with Gasteiger partial charge in [0.05, 0.1) is 25.3 Å². The Balaban J connectivity index is 1.79. The van der Waals surface area contributed by atoms with Gasteiger partial charge in [-0.25, -0.2) is 0 Å². The Hall–Kier alpha value is -4.26. The number of hydrogen-bond acceptors (Lipinski definition) is 6. The number of rotatable bonds is 8. The molecular formula is C28H27NO6. The lowest BCUT2D eigenvalue weighted by Gasteiger charge is -2.26. The number of carbonyl (C=O) groups excluding carboxylic acids is 2. The highest BCUT2D eigenvalue weighted by molar-refractivity contribution is 6.46. The zero-order chi connectivity index (χ0) is 24.9. The number of hydrogen-bond donors (Lipinski definition) is 2. The van der Waals surface area contributed by atoms with Gasteiger partial charge >= 0.3 is 0 Å². The van der Waals surface area contributed by atoms with Crippen molar-refractivity contribution in [3.8, 4) is 17.2 Å². The number of ether oxygens (including phenoxy) is 2. The highest BCUT2D eigenvalue weighted by atomic mass is 16.5. The van der Waals surface area contributed by atoms with Gasteiger partial charge in [0.1, 0.15) is 11.5 Å². The summed E-state index contributed by atoms with van der Waals surface area (Å²) in [4.78, 5) is 27.8. The second-order valence-electron chi connectivity index (χ2n) is 8.12. The number of nitrogens with zero attached hydrogens (tertiary/aromatic N) is 1. The third kappa shape index (κ3) is 4.84.